The van der Waals surface area contributed by atoms with Crippen LogP contribution >= 0.6 is 0 Å². The molecule has 0 saturated carbocycles. The van der Waals surface area contributed by atoms with Crippen LogP contribution in [0.1, 0.15) is 5.82 Å². The van der Waals surface area contributed by atoms with Gasteiger partial charge in [-0.25, -0.2) is 0 Å². The maximum atomic E-state index is 12.7. The molecule has 1 N–H and O–H groups in total. The summed E-state index contributed by atoms with van der Waals surface area (Å²) < 4.78 is 13.1. The molecule has 162 valence electrons. The highest BCUT2D eigenvalue weighted by Crippen LogP contribution is 2.31. The number of amides is 1. The third-order valence-corrected chi connectivity index (χ3v) is 5.60. The van der Waals surface area contributed by atoms with E-state index in [9.17, 15) is 4.79 Å². The fourth-order valence-electron chi connectivity index (χ4n) is 3.97. The van der Waals surface area contributed by atoms with Crippen molar-refractivity contribution in [2.45, 2.75) is 12.6 Å². The molecule has 3 heterocycles. The van der Waals surface area contributed by atoms with Crippen molar-refractivity contribution in [3.05, 3.63) is 84.7 Å². The molecule has 0 unspecified atom stereocenters. The van der Waals surface area contributed by atoms with Gasteiger partial charge < -0.3 is 14.8 Å². The average molecular weight is 437 g/mol. The Balaban J connectivity index is 1.30. The SMILES string of the molecule is O=C(NCc1nnc2c3ccccc3c(-c3ccccc3)nn12)[C@H]1COc2ccccc2O1. The van der Waals surface area contributed by atoms with E-state index in [0.29, 0.717) is 23.0 Å². The van der Waals surface area contributed by atoms with Crippen molar-refractivity contribution in [1.82, 2.24) is 25.1 Å². The molecule has 3 aromatic carbocycles. The standard InChI is InChI=1S/C25H19N5O3/c31-25(21-15-32-19-12-6-7-13-20(19)33-21)26-14-22-27-28-24-18-11-5-4-10-17(18)23(29-30(22)24)16-8-2-1-3-9-16/h1-13,21H,14-15H2,(H,26,31)/t21-/m1/s1. The molecular formula is C25H19N5O3. The normalized spacial score (nSPS) is 15.0. The molecule has 1 aliphatic heterocycles. The Kier molecular flexibility index (Phi) is 4.61. The number of nitrogens with one attached hydrogen (secondary N) is 1. The number of carbonyl (C=O) groups excluding carboxylic acids is 1. The Labute approximate surface area is 188 Å². The zero-order chi connectivity index (χ0) is 22.2. The fourth-order valence-corrected chi connectivity index (χ4v) is 3.97. The highest BCUT2D eigenvalue weighted by Gasteiger charge is 2.27. The number of carbonyl (C=O) groups is 1. The van der Waals surface area contributed by atoms with Crippen LogP contribution in [-0.4, -0.2) is 38.4 Å². The van der Waals surface area contributed by atoms with Crippen LogP contribution in [0.5, 0.6) is 11.5 Å². The highest BCUT2D eigenvalue weighted by molar-refractivity contribution is 6.01. The van der Waals surface area contributed by atoms with E-state index in [4.69, 9.17) is 14.6 Å². The molecule has 33 heavy (non-hydrogen) atoms. The molecule has 0 radical (unpaired) electrons. The van der Waals surface area contributed by atoms with Crippen molar-refractivity contribution in [2.24, 2.45) is 0 Å². The Morgan fingerprint density at radius 2 is 1.64 bits per heavy atom. The molecule has 0 fully saturated rings. The zero-order valence-corrected chi connectivity index (χ0v) is 17.5. The predicted molar refractivity (Wildman–Crippen MR) is 122 cm³/mol. The van der Waals surface area contributed by atoms with Crippen LogP contribution in [0.2, 0.25) is 0 Å². The van der Waals surface area contributed by atoms with Crippen LogP contribution in [0, 0.1) is 0 Å². The average Bonchev–Trinajstić information content (AvgIpc) is 3.30. The number of fused-ring (bicyclic) bond motifs is 4. The smallest absolute Gasteiger partial charge is 0.265 e. The Bertz CT molecular complexity index is 1480. The summed E-state index contributed by atoms with van der Waals surface area (Å²) in [5.74, 6) is 1.43. The van der Waals surface area contributed by atoms with Gasteiger partial charge in [0, 0.05) is 16.3 Å². The van der Waals surface area contributed by atoms with E-state index in [1.807, 2.05) is 72.8 Å². The molecule has 0 spiro atoms. The first-order chi connectivity index (χ1) is 16.3. The summed E-state index contributed by atoms with van der Waals surface area (Å²) in [7, 11) is 0. The molecule has 8 heteroatoms. The van der Waals surface area contributed by atoms with Crippen LogP contribution in [0.25, 0.3) is 27.7 Å². The topological polar surface area (TPSA) is 90.6 Å². The van der Waals surface area contributed by atoms with Crippen molar-refractivity contribution in [3.8, 4) is 22.8 Å². The number of rotatable bonds is 4. The summed E-state index contributed by atoms with van der Waals surface area (Å²) in [5.41, 5.74) is 2.46. The Hall–Kier alpha value is -4.46. The fraction of sp³-hybridized carbons (Fsp3) is 0.120. The number of para-hydroxylation sites is 2. The summed E-state index contributed by atoms with van der Waals surface area (Å²) >= 11 is 0. The van der Waals surface area contributed by atoms with E-state index < -0.39 is 6.10 Å². The predicted octanol–water partition coefficient (Wildman–Crippen LogP) is 3.40. The zero-order valence-electron chi connectivity index (χ0n) is 17.5. The maximum absolute atomic E-state index is 12.7. The van der Waals surface area contributed by atoms with Gasteiger partial charge in [0.25, 0.3) is 5.91 Å². The van der Waals surface area contributed by atoms with Gasteiger partial charge in [0.1, 0.15) is 6.61 Å². The monoisotopic (exact) mass is 437 g/mol. The number of hydrogen-bond donors (Lipinski definition) is 1. The van der Waals surface area contributed by atoms with Gasteiger partial charge in [0.15, 0.2) is 23.0 Å². The van der Waals surface area contributed by atoms with E-state index in [1.165, 1.54) is 0 Å². The van der Waals surface area contributed by atoms with Crippen LogP contribution in [0.15, 0.2) is 78.9 Å². The van der Waals surface area contributed by atoms with E-state index in [2.05, 4.69) is 15.5 Å². The number of hydrogen-bond acceptors (Lipinski definition) is 6. The lowest BCUT2D eigenvalue weighted by Crippen LogP contribution is -2.43. The Morgan fingerprint density at radius 1 is 0.909 bits per heavy atom. The summed E-state index contributed by atoms with van der Waals surface area (Å²) in [6.45, 7) is 0.297. The van der Waals surface area contributed by atoms with Crippen molar-refractivity contribution < 1.29 is 14.3 Å². The first-order valence-electron chi connectivity index (χ1n) is 10.6. The van der Waals surface area contributed by atoms with Gasteiger partial charge in [-0.05, 0) is 12.1 Å². The van der Waals surface area contributed by atoms with Crippen LogP contribution in [0.3, 0.4) is 0 Å². The van der Waals surface area contributed by atoms with Gasteiger partial charge in [-0.3, -0.25) is 4.79 Å². The van der Waals surface area contributed by atoms with E-state index in [-0.39, 0.29) is 19.1 Å². The minimum Gasteiger partial charge on any atom is -0.485 e. The summed E-state index contributed by atoms with van der Waals surface area (Å²) in [4.78, 5) is 12.7. The van der Waals surface area contributed by atoms with Gasteiger partial charge in [0.05, 0.1) is 12.2 Å². The van der Waals surface area contributed by atoms with Gasteiger partial charge in [-0.1, -0.05) is 66.7 Å². The lowest BCUT2D eigenvalue weighted by atomic mass is 10.1. The van der Waals surface area contributed by atoms with Gasteiger partial charge in [-0.2, -0.15) is 9.61 Å². The molecule has 0 aliphatic carbocycles. The minimum absolute atomic E-state index is 0.143. The number of aromatic nitrogens is 4. The summed E-state index contributed by atoms with van der Waals surface area (Å²) in [5, 5.41) is 18.3. The second kappa shape index (κ2) is 7.90. The second-order valence-electron chi connectivity index (χ2n) is 7.69. The molecule has 1 amide bonds. The van der Waals surface area contributed by atoms with E-state index >= 15 is 0 Å². The largest absolute Gasteiger partial charge is 0.485 e. The highest BCUT2D eigenvalue weighted by atomic mass is 16.6. The summed E-state index contributed by atoms with van der Waals surface area (Å²) in [6.07, 6.45) is -0.743. The molecular weight excluding hydrogens is 418 g/mol. The van der Waals surface area contributed by atoms with E-state index in [0.717, 1.165) is 22.0 Å². The van der Waals surface area contributed by atoms with Crippen LogP contribution in [0.4, 0.5) is 0 Å². The maximum Gasteiger partial charge on any atom is 0.265 e. The molecule has 2 aromatic heterocycles. The lowest BCUT2D eigenvalue weighted by Gasteiger charge is -2.25. The lowest BCUT2D eigenvalue weighted by molar-refractivity contribution is -0.130. The van der Waals surface area contributed by atoms with Crippen LogP contribution < -0.4 is 14.8 Å². The van der Waals surface area contributed by atoms with Crippen molar-refractivity contribution in [3.63, 3.8) is 0 Å². The Morgan fingerprint density at radius 3 is 2.48 bits per heavy atom. The number of ether oxygens (including phenoxy) is 2. The number of benzene rings is 3. The van der Waals surface area contributed by atoms with Crippen LogP contribution in [-0.2, 0) is 11.3 Å². The van der Waals surface area contributed by atoms with Crippen molar-refractivity contribution >= 4 is 22.3 Å². The van der Waals surface area contributed by atoms with Gasteiger partial charge in [0.2, 0.25) is 6.10 Å². The summed E-state index contributed by atoms with van der Waals surface area (Å²) in [6, 6.07) is 25.2. The molecule has 1 aliphatic rings. The van der Waals surface area contributed by atoms with E-state index in [1.54, 1.807) is 10.6 Å². The molecule has 0 saturated heterocycles. The second-order valence-corrected chi connectivity index (χ2v) is 7.69. The third-order valence-electron chi connectivity index (χ3n) is 5.60. The molecule has 5 aromatic rings. The molecule has 8 nitrogen and oxygen atoms in total. The van der Waals surface area contributed by atoms with Gasteiger partial charge in [-0.15, -0.1) is 10.2 Å². The first kappa shape index (κ1) is 19.2. The first-order valence-corrected chi connectivity index (χ1v) is 10.6. The number of nitrogens with zero attached hydrogens (tertiary/aromatic N) is 4. The molecule has 6 rings (SSSR count). The van der Waals surface area contributed by atoms with Crippen molar-refractivity contribution in [1.29, 1.82) is 0 Å². The van der Waals surface area contributed by atoms with Crippen molar-refractivity contribution in [2.75, 3.05) is 6.61 Å². The van der Waals surface area contributed by atoms with Gasteiger partial charge >= 0.3 is 0 Å². The molecule has 1 atom stereocenters. The molecule has 0 bridgehead atoms. The quantitative estimate of drug-likeness (QED) is 0.464. The minimum atomic E-state index is -0.743. The third kappa shape index (κ3) is 3.41.